The van der Waals surface area contributed by atoms with Crippen molar-refractivity contribution in [3.8, 4) is 0 Å². The smallest absolute Gasteiger partial charge is 0.211 e. The fraction of sp³-hybridized carbons (Fsp3) is 0.429. The molecule has 0 amide bonds. The van der Waals surface area contributed by atoms with Crippen LogP contribution in [0.1, 0.15) is 14.9 Å². The van der Waals surface area contributed by atoms with Gasteiger partial charge in [0, 0.05) is 16.6 Å². The first-order valence-corrected chi connectivity index (χ1v) is 5.06. The van der Waals surface area contributed by atoms with Crippen LogP contribution in [0.4, 0.5) is 0 Å². The minimum Gasteiger partial charge on any atom is -0.759 e. The lowest BCUT2D eigenvalue weighted by Crippen LogP contribution is -2.21. The van der Waals surface area contributed by atoms with Crippen LogP contribution >= 0.6 is 0 Å². The molecule has 0 fully saturated rings. The lowest BCUT2D eigenvalue weighted by atomic mass is 10.6. The fourth-order valence-electron chi connectivity index (χ4n) is 0.328. The summed E-state index contributed by atoms with van der Waals surface area (Å²) in [5.74, 6) is -0.132. The standard InChI is InChI=1S/C5H11N7.2CH4.H2O4S/c6-4(7)3-10-1-2-11-12-5(8)9;;;1-5(2,3)4/h1-2H,3H2,(H3,6,7)(H4,8,9,12);2*1H4;(H2,1,2,3,4)/p-2/b10-1?,11-2+;;;. The molecule has 0 aromatic heterocycles. The number of hydrogen-bond donors (Lipinski definition) is 4. The second kappa shape index (κ2) is 14.0. The predicted octanol–water partition coefficient (Wildman–Crippen LogP) is -1.81. The van der Waals surface area contributed by atoms with Gasteiger partial charge in [-0.05, 0) is 0 Å². The van der Waals surface area contributed by atoms with Gasteiger partial charge in [0.05, 0.1) is 12.8 Å². The summed E-state index contributed by atoms with van der Waals surface area (Å²) in [6.07, 6.45) is 2.65. The Bertz CT molecular complexity index is 403. The Hall–Kier alpha value is -2.05. The van der Waals surface area contributed by atoms with Crippen LogP contribution in [-0.4, -0.2) is 48.3 Å². The molecule has 19 heavy (non-hydrogen) atoms. The maximum absolute atomic E-state index is 8.52. The van der Waals surface area contributed by atoms with E-state index in [1.165, 1.54) is 12.4 Å². The number of nitrogens with zero attached hydrogens (tertiary/aromatic N) is 3. The highest BCUT2D eigenvalue weighted by Crippen LogP contribution is 1.67. The molecular weight excluding hydrogens is 278 g/mol. The van der Waals surface area contributed by atoms with Crippen molar-refractivity contribution in [1.82, 2.24) is 0 Å². The van der Waals surface area contributed by atoms with E-state index in [2.05, 4.69) is 15.2 Å². The molecule has 0 radical (unpaired) electrons. The van der Waals surface area contributed by atoms with E-state index in [9.17, 15) is 0 Å². The summed E-state index contributed by atoms with van der Waals surface area (Å²) in [6, 6.07) is 0. The molecule has 114 valence electrons. The highest BCUT2D eigenvalue weighted by molar-refractivity contribution is 7.79. The number of hydrogen-bond acceptors (Lipinski definition) is 8. The number of nitrogens with one attached hydrogen (secondary N) is 1. The summed E-state index contributed by atoms with van der Waals surface area (Å²) in [6.45, 7) is 0.147. The zero-order valence-electron chi connectivity index (χ0n) is 8.48. The summed E-state index contributed by atoms with van der Waals surface area (Å²) in [7, 11) is -5.17. The molecule has 0 atom stereocenters. The molecule has 0 aliphatic heterocycles. The second-order valence-electron chi connectivity index (χ2n) is 2.21. The topological polar surface area (TPSA) is 219 Å². The highest BCUT2D eigenvalue weighted by atomic mass is 32.3. The average Bonchev–Trinajstić information content (AvgIpc) is 2.07. The highest BCUT2D eigenvalue weighted by Gasteiger charge is 1.79. The van der Waals surface area contributed by atoms with Crippen molar-refractivity contribution in [3.05, 3.63) is 0 Å². The van der Waals surface area contributed by atoms with Crippen LogP contribution in [0.5, 0.6) is 0 Å². The third-order valence-corrected chi connectivity index (χ3v) is 0.674. The molecular formula is C7H19N7O4S-2. The normalized spacial score (nSPS) is 9.79. The Morgan fingerprint density at radius 3 is 1.89 bits per heavy atom. The summed E-state index contributed by atoms with van der Waals surface area (Å²) >= 11 is 0. The first kappa shape index (κ1) is 25.7. The lowest BCUT2D eigenvalue weighted by molar-refractivity contribution is 0.352. The van der Waals surface area contributed by atoms with Crippen molar-refractivity contribution in [2.45, 2.75) is 14.9 Å². The van der Waals surface area contributed by atoms with Crippen LogP contribution in [0.3, 0.4) is 0 Å². The van der Waals surface area contributed by atoms with Gasteiger partial charge in [0.15, 0.2) is 0 Å². The maximum atomic E-state index is 8.52. The molecule has 0 aliphatic rings. The van der Waals surface area contributed by atoms with Gasteiger partial charge in [-0.2, -0.15) is 5.10 Å². The molecule has 0 aromatic rings. The van der Waals surface area contributed by atoms with Crippen molar-refractivity contribution in [3.63, 3.8) is 0 Å². The molecule has 0 aromatic carbocycles. The number of nitrogens with two attached hydrogens (primary N) is 3. The van der Waals surface area contributed by atoms with Gasteiger partial charge in [-0.15, -0.1) is 5.10 Å². The van der Waals surface area contributed by atoms with E-state index >= 15 is 0 Å². The van der Waals surface area contributed by atoms with Crippen molar-refractivity contribution >= 4 is 34.6 Å². The molecule has 0 unspecified atom stereocenters. The van der Waals surface area contributed by atoms with Gasteiger partial charge in [-0.25, -0.2) is 0 Å². The molecule has 0 saturated heterocycles. The zero-order chi connectivity index (χ0) is 13.9. The van der Waals surface area contributed by atoms with E-state index in [-0.39, 0.29) is 33.2 Å². The lowest BCUT2D eigenvalue weighted by Gasteiger charge is -2.06. The van der Waals surface area contributed by atoms with Crippen molar-refractivity contribution < 1.29 is 17.5 Å². The summed E-state index contributed by atoms with van der Waals surface area (Å²) < 4.78 is 34.1. The Balaban J connectivity index is -0.000000139. The molecule has 0 aliphatic carbocycles. The second-order valence-corrected chi connectivity index (χ2v) is 3.03. The Kier molecular flexibility index (Phi) is 19.0. The molecule has 0 bridgehead atoms. The van der Waals surface area contributed by atoms with Crippen LogP contribution < -0.4 is 17.2 Å². The molecule has 0 rings (SSSR count). The largest absolute Gasteiger partial charge is 0.759 e. The van der Waals surface area contributed by atoms with E-state index < -0.39 is 10.4 Å². The SMILES string of the molecule is C.C.N=C(N)CN=C/C=N/N=C(N)N.O=S(=O)([O-])[O-]. The van der Waals surface area contributed by atoms with Gasteiger partial charge in [-0.1, -0.05) is 14.9 Å². The van der Waals surface area contributed by atoms with Crippen LogP contribution in [0, 0.1) is 5.41 Å². The first-order valence-electron chi connectivity index (χ1n) is 3.73. The Morgan fingerprint density at radius 2 is 1.58 bits per heavy atom. The number of guanidine groups is 1. The quantitative estimate of drug-likeness (QED) is 0.153. The van der Waals surface area contributed by atoms with Crippen molar-refractivity contribution in [2.24, 2.45) is 32.4 Å². The van der Waals surface area contributed by atoms with Crippen molar-refractivity contribution in [2.75, 3.05) is 6.54 Å². The third kappa shape index (κ3) is 64.3. The van der Waals surface area contributed by atoms with Crippen molar-refractivity contribution in [1.29, 1.82) is 5.41 Å². The van der Waals surface area contributed by atoms with E-state index in [0.29, 0.717) is 0 Å². The van der Waals surface area contributed by atoms with E-state index in [4.69, 9.17) is 40.1 Å². The molecule has 0 spiro atoms. The Morgan fingerprint density at radius 1 is 1.16 bits per heavy atom. The summed E-state index contributed by atoms with van der Waals surface area (Å²) in [5, 5.41) is 13.5. The summed E-state index contributed by atoms with van der Waals surface area (Å²) in [4.78, 5) is 3.69. The monoisotopic (exact) mass is 297 g/mol. The van der Waals surface area contributed by atoms with Gasteiger partial charge in [0.2, 0.25) is 5.96 Å². The number of rotatable bonds is 4. The molecule has 11 nitrogen and oxygen atoms in total. The van der Waals surface area contributed by atoms with Crippen LogP contribution in [0.25, 0.3) is 0 Å². The van der Waals surface area contributed by atoms with E-state index in [1.54, 1.807) is 0 Å². The molecule has 7 N–H and O–H groups in total. The Labute approximate surface area is 112 Å². The summed E-state index contributed by atoms with van der Waals surface area (Å²) in [5.41, 5.74) is 15.0. The van der Waals surface area contributed by atoms with E-state index in [0.717, 1.165) is 0 Å². The van der Waals surface area contributed by atoms with Gasteiger partial charge >= 0.3 is 0 Å². The van der Waals surface area contributed by atoms with Gasteiger partial charge < -0.3 is 26.3 Å². The predicted molar refractivity (Wildman–Crippen MR) is 73.5 cm³/mol. The third-order valence-electron chi connectivity index (χ3n) is 0.674. The van der Waals surface area contributed by atoms with Gasteiger partial charge in [0.25, 0.3) is 0 Å². The van der Waals surface area contributed by atoms with Crippen LogP contribution in [0.2, 0.25) is 0 Å². The molecule has 12 heteroatoms. The number of aliphatic imine (C=N–C) groups is 1. The first-order chi connectivity index (χ1) is 7.63. The minimum atomic E-state index is -5.17. The van der Waals surface area contributed by atoms with Crippen LogP contribution in [0.15, 0.2) is 15.2 Å². The van der Waals surface area contributed by atoms with Gasteiger partial charge in [-0.3, -0.25) is 18.8 Å². The molecule has 0 saturated carbocycles. The maximum Gasteiger partial charge on any atom is 0.211 e. The van der Waals surface area contributed by atoms with E-state index in [1.807, 2.05) is 0 Å². The van der Waals surface area contributed by atoms with Crippen LogP contribution in [-0.2, 0) is 10.4 Å². The average molecular weight is 297 g/mol. The number of amidine groups is 1. The zero-order valence-corrected chi connectivity index (χ0v) is 9.29. The van der Waals surface area contributed by atoms with Gasteiger partial charge in [0.1, 0.15) is 5.84 Å². The molecule has 0 heterocycles. The minimum absolute atomic E-state index is 0. The fourth-order valence-corrected chi connectivity index (χ4v) is 0.328.